The van der Waals surface area contributed by atoms with Gasteiger partial charge in [0.1, 0.15) is 5.76 Å². The highest BCUT2D eigenvalue weighted by Crippen LogP contribution is 2.42. The molecule has 27 heavy (non-hydrogen) atoms. The van der Waals surface area contributed by atoms with Gasteiger partial charge < -0.3 is 19.2 Å². The van der Waals surface area contributed by atoms with Gasteiger partial charge in [0.2, 0.25) is 5.91 Å². The molecular weight excluding hydrogens is 340 g/mol. The van der Waals surface area contributed by atoms with E-state index in [0.29, 0.717) is 24.9 Å². The van der Waals surface area contributed by atoms with E-state index in [9.17, 15) is 4.79 Å². The lowest BCUT2D eigenvalue weighted by molar-refractivity contribution is -0.128. The van der Waals surface area contributed by atoms with Crippen molar-refractivity contribution in [2.24, 2.45) is 5.41 Å². The third-order valence-electron chi connectivity index (χ3n) is 7.24. The Morgan fingerprint density at radius 1 is 1.19 bits per heavy atom. The average Bonchev–Trinajstić information content (AvgIpc) is 3.13. The van der Waals surface area contributed by atoms with Crippen LogP contribution >= 0.6 is 0 Å². The van der Waals surface area contributed by atoms with E-state index in [-0.39, 0.29) is 5.41 Å². The van der Waals surface area contributed by atoms with Crippen LogP contribution in [0.5, 0.6) is 0 Å². The Bertz CT molecular complexity index is 658. The Morgan fingerprint density at radius 3 is 2.63 bits per heavy atom. The van der Waals surface area contributed by atoms with Crippen LogP contribution in [0.15, 0.2) is 4.52 Å². The number of likely N-dealkylation sites (tertiary alicyclic amines) is 3. The van der Waals surface area contributed by atoms with Crippen LogP contribution in [0.4, 0.5) is 0 Å². The van der Waals surface area contributed by atoms with Crippen molar-refractivity contribution < 1.29 is 9.32 Å². The summed E-state index contributed by atoms with van der Waals surface area (Å²) in [5.41, 5.74) is 2.18. The minimum atomic E-state index is 0.186. The molecule has 3 fully saturated rings. The first kappa shape index (κ1) is 18.9. The number of likely N-dealkylation sites (N-methyl/N-ethyl adjacent to an activating group) is 1. The molecule has 6 heteroatoms. The Morgan fingerprint density at radius 2 is 1.96 bits per heavy atom. The second-order valence-electron chi connectivity index (χ2n) is 9.16. The number of piperidine rings is 2. The zero-order chi connectivity index (χ0) is 19.0. The summed E-state index contributed by atoms with van der Waals surface area (Å²) >= 11 is 0. The molecule has 150 valence electrons. The van der Waals surface area contributed by atoms with Crippen LogP contribution in [0.1, 0.15) is 55.5 Å². The van der Waals surface area contributed by atoms with Gasteiger partial charge in [-0.15, -0.1) is 0 Å². The molecule has 3 aliphatic heterocycles. The number of carbonyl (C=O) groups excluding carboxylic acids is 1. The van der Waals surface area contributed by atoms with E-state index in [4.69, 9.17) is 4.52 Å². The number of rotatable bonds is 4. The molecule has 0 aromatic carbocycles. The van der Waals surface area contributed by atoms with Crippen molar-refractivity contribution in [1.29, 1.82) is 0 Å². The minimum absolute atomic E-state index is 0.186. The summed E-state index contributed by atoms with van der Waals surface area (Å²) in [7, 11) is 2.28. The number of nitrogens with zero attached hydrogens (tertiary/aromatic N) is 4. The molecule has 1 spiro atoms. The highest BCUT2D eigenvalue weighted by Gasteiger charge is 2.45. The highest BCUT2D eigenvalue weighted by atomic mass is 16.5. The predicted molar refractivity (Wildman–Crippen MR) is 104 cm³/mol. The van der Waals surface area contributed by atoms with Crippen LogP contribution in [0.2, 0.25) is 0 Å². The monoisotopic (exact) mass is 374 g/mol. The smallest absolute Gasteiger partial charge is 0.223 e. The summed E-state index contributed by atoms with van der Waals surface area (Å²) in [5, 5.41) is 4.04. The van der Waals surface area contributed by atoms with Gasteiger partial charge in [0, 0.05) is 31.1 Å². The molecule has 4 heterocycles. The second-order valence-corrected chi connectivity index (χ2v) is 9.16. The van der Waals surface area contributed by atoms with Crippen molar-refractivity contribution in [2.75, 3.05) is 39.8 Å². The molecule has 0 N–H and O–H groups in total. The maximum absolute atomic E-state index is 12.7. The third kappa shape index (κ3) is 3.92. The van der Waals surface area contributed by atoms with E-state index in [1.54, 1.807) is 0 Å². The second kappa shape index (κ2) is 7.55. The summed E-state index contributed by atoms with van der Waals surface area (Å²) in [5.74, 6) is 1.14. The van der Waals surface area contributed by atoms with Crippen molar-refractivity contribution in [3.63, 3.8) is 0 Å². The van der Waals surface area contributed by atoms with E-state index in [1.165, 1.54) is 32.4 Å². The SMILES string of the molecule is Cc1noc(C)c1CN1CC2(CCN(C[C@H]3CCCCN3C)CC2)CC1=O. The lowest BCUT2D eigenvalue weighted by atomic mass is 9.77. The van der Waals surface area contributed by atoms with E-state index in [0.717, 1.165) is 49.5 Å². The van der Waals surface area contributed by atoms with E-state index < -0.39 is 0 Å². The molecule has 3 saturated heterocycles. The normalized spacial score (nSPS) is 27.0. The Hall–Kier alpha value is -1.40. The van der Waals surface area contributed by atoms with Crippen molar-refractivity contribution in [3.8, 4) is 0 Å². The summed E-state index contributed by atoms with van der Waals surface area (Å²) in [4.78, 5) is 19.9. The van der Waals surface area contributed by atoms with Gasteiger partial charge in [0.25, 0.3) is 0 Å². The number of carbonyl (C=O) groups is 1. The molecule has 1 amide bonds. The van der Waals surface area contributed by atoms with Crippen LogP contribution in [0, 0.1) is 19.3 Å². The van der Waals surface area contributed by atoms with Gasteiger partial charge in [0.15, 0.2) is 0 Å². The summed E-state index contributed by atoms with van der Waals surface area (Å²) in [6.45, 7) is 10.2. The van der Waals surface area contributed by atoms with E-state index in [1.807, 2.05) is 18.7 Å². The molecule has 0 saturated carbocycles. The van der Waals surface area contributed by atoms with Crippen LogP contribution in [0.25, 0.3) is 0 Å². The van der Waals surface area contributed by atoms with Gasteiger partial charge >= 0.3 is 0 Å². The van der Waals surface area contributed by atoms with Crippen molar-refractivity contribution in [1.82, 2.24) is 19.9 Å². The first-order valence-electron chi connectivity index (χ1n) is 10.6. The largest absolute Gasteiger partial charge is 0.361 e. The lowest BCUT2D eigenvalue weighted by Crippen LogP contribution is -2.49. The first-order chi connectivity index (χ1) is 13.0. The average molecular weight is 375 g/mol. The molecule has 1 aromatic heterocycles. The maximum atomic E-state index is 12.7. The topological polar surface area (TPSA) is 52.8 Å². The number of hydrogen-bond acceptors (Lipinski definition) is 5. The quantitative estimate of drug-likeness (QED) is 0.811. The summed E-state index contributed by atoms with van der Waals surface area (Å²) < 4.78 is 5.27. The van der Waals surface area contributed by atoms with E-state index >= 15 is 0 Å². The standard InChI is InChI=1S/C21H34N4O2/c1-16-19(17(2)27-22-16)14-25-15-21(12-20(25)26)7-10-24(11-8-21)13-18-6-4-5-9-23(18)3/h18H,4-15H2,1-3H3/t18-/m1/s1. The molecule has 1 aromatic rings. The number of aryl methyl sites for hydroxylation is 2. The zero-order valence-corrected chi connectivity index (χ0v) is 17.2. The fourth-order valence-corrected chi connectivity index (χ4v) is 5.26. The molecule has 6 nitrogen and oxygen atoms in total. The Balaban J connectivity index is 1.32. The van der Waals surface area contributed by atoms with Crippen molar-refractivity contribution >= 4 is 5.91 Å². The van der Waals surface area contributed by atoms with E-state index in [2.05, 4.69) is 22.0 Å². The maximum Gasteiger partial charge on any atom is 0.223 e. The molecule has 0 bridgehead atoms. The Labute approximate surface area is 162 Å². The van der Waals surface area contributed by atoms with Crippen molar-refractivity contribution in [3.05, 3.63) is 17.0 Å². The first-order valence-corrected chi connectivity index (χ1v) is 10.6. The fraction of sp³-hybridized carbons (Fsp3) is 0.810. The van der Waals surface area contributed by atoms with Gasteiger partial charge in [-0.2, -0.15) is 0 Å². The minimum Gasteiger partial charge on any atom is -0.361 e. The highest BCUT2D eigenvalue weighted by molar-refractivity contribution is 5.79. The molecule has 0 unspecified atom stereocenters. The van der Waals surface area contributed by atoms with Gasteiger partial charge in [0.05, 0.1) is 12.2 Å². The van der Waals surface area contributed by atoms with Crippen LogP contribution in [0.3, 0.4) is 0 Å². The fourth-order valence-electron chi connectivity index (χ4n) is 5.26. The van der Waals surface area contributed by atoms with Crippen molar-refractivity contribution in [2.45, 2.75) is 65.0 Å². The predicted octanol–water partition coefficient (Wildman–Crippen LogP) is 2.59. The van der Waals surface area contributed by atoms with Crippen LogP contribution < -0.4 is 0 Å². The number of aromatic nitrogens is 1. The molecule has 4 rings (SSSR count). The summed E-state index contributed by atoms with van der Waals surface area (Å²) in [6, 6.07) is 0.717. The van der Waals surface area contributed by atoms with Gasteiger partial charge in [-0.05, 0) is 71.6 Å². The lowest BCUT2D eigenvalue weighted by Gasteiger charge is -2.42. The van der Waals surface area contributed by atoms with Gasteiger partial charge in [-0.25, -0.2) is 0 Å². The summed E-state index contributed by atoms with van der Waals surface area (Å²) in [6.07, 6.45) is 7.06. The Kier molecular flexibility index (Phi) is 5.30. The number of amides is 1. The zero-order valence-electron chi connectivity index (χ0n) is 17.2. The number of hydrogen-bond donors (Lipinski definition) is 0. The molecular formula is C21H34N4O2. The molecule has 3 aliphatic rings. The van der Waals surface area contributed by atoms with Gasteiger partial charge in [-0.1, -0.05) is 11.6 Å². The third-order valence-corrected chi connectivity index (χ3v) is 7.24. The van der Waals surface area contributed by atoms with Gasteiger partial charge in [-0.3, -0.25) is 4.79 Å². The van der Waals surface area contributed by atoms with Crippen LogP contribution in [-0.2, 0) is 11.3 Å². The van der Waals surface area contributed by atoms with Crippen LogP contribution in [-0.4, -0.2) is 71.6 Å². The molecule has 1 atom stereocenters. The molecule has 0 aliphatic carbocycles. The molecule has 0 radical (unpaired) electrons.